The molecule has 0 saturated heterocycles. The number of aryl methyl sites for hydroxylation is 1. The molecule has 1 aromatic heterocycles. The smallest absolute Gasteiger partial charge is 0.341 e. The molecule has 2 rings (SSSR count). The third kappa shape index (κ3) is 4.48. The first-order chi connectivity index (χ1) is 12.0. The summed E-state index contributed by atoms with van der Waals surface area (Å²) < 4.78 is 10.3. The highest BCUT2D eigenvalue weighted by Crippen LogP contribution is 2.33. The fourth-order valence-electron chi connectivity index (χ4n) is 2.29. The van der Waals surface area contributed by atoms with E-state index in [1.807, 2.05) is 38.1 Å². The topological polar surface area (TPSA) is 64.6 Å². The molecule has 0 atom stereocenters. The number of carbonyl (C=O) groups excluding carboxylic acids is 2. The summed E-state index contributed by atoms with van der Waals surface area (Å²) in [5, 5.41) is 3.27. The second kappa shape index (κ2) is 8.48. The van der Waals surface area contributed by atoms with Crippen molar-refractivity contribution in [1.29, 1.82) is 0 Å². The van der Waals surface area contributed by atoms with Crippen LogP contribution in [-0.4, -0.2) is 25.6 Å². The van der Waals surface area contributed by atoms with E-state index in [1.54, 1.807) is 20.1 Å². The zero-order valence-corrected chi connectivity index (χ0v) is 15.5. The number of anilines is 1. The third-order valence-electron chi connectivity index (χ3n) is 3.65. The molecular formula is C19H21NO4S. The van der Waals surface area contributed by atoms with Crippen LogP contribution in [0.4, 0.5) is 5.00 Å². The molecule has 6 heteroatoms. The van der Waals surface area contributed by atoms with Crippen molar-refractivity contribution in [2.75, 3.05) is 19.0 Å². The highest BCUT2D eigenvalue weighted by molar-refractivity contribution is 7.16. The third-order valence-corrected chi connectivity index (χ3v) is 4.78. The van der Waals surface area contributed by atoms with E-state index in [-0.39, 0.29) is 12.5 Å². The van der Waals surface area contributed by atoms with Crippen LogP contribution in [0.2, 0.25) is 0 Å². The van der Waals surface area contributed by atoms with Gasteiger partial charge in [-0.1, -0.05) is 18.2 Å². The van der Waals surface area contributed by atoms with Crippen molar-refractivity contribution in [2.45, 2.75) is 20.8 Å². The molecular weight excluding hydrogens is 338 g/mol. The van der Waals surface area contributed by atoms with Gasteiger partial charge in [0.1, 0.15) is 10.8 Å². The van der Waals surface area contributed by atoms with Crippen molar-refractivity contribution in [2.24, 2.45) is 0 Å². The Kier molecular flexibility index (Phi) is 6.36. The SMILES string of the molecule is CCOC(=O)c1c(NC(=O)/C=C/c2ccccc2OC)sc(C)c1C. The molecule has 1 amide bonds. The Morgan fingerprint density at radius 3 is 2.64 bits per heavy atom. The van der Waals surface area contributed by atoms with E-state index in [1.165, 1.54) is 17.4 Å². The molecule has 0 bridgehead atoms. The van der Waals surface area contributed by atoms with Crippen molar-refractivity contribution < 1.29 is 19.1 Å². The van der Waals surface area contributed by atoms with Crippen molar-refractivity contribution in [3.05, 3.63) is 51.9 Å². The van der Waals surface area contributed by atoms with Crippen molar-refractivity contribution in [3.8, 4) is 5.75 Å². The second-order valence-corrected chi connectivity index (χ2v) is 6.50. The van der Waals surface area contributed by atoms with Gasteiger partial charge in [-0.15, -0.1) is 11.3 Å². The van der Waals surface area contributed by atoms with Gasteiger partial charge in [0.05, 0.1) is 19.3 Å². The number of para-hydroxylation sites is 1. The Labute approximate surface area is 151 Å². The first-order valence-electron chi connectivity index (χ1n) is 7.87. The van der Waals surface area contributed by atoms with E-state index in [0.29, 0.717) is 16.3 Å². The number of rotatable bonds is 6. The predicted octanol–water partition coefficient (Wildman–Crippen LogP) is 4.20. The van der Waals surface area contributed by atoms with Gasteiger partial charge in [0, 0.05) is 16.5 Å². The summed E-state index contributed by atoms with van der Waals surface area (Å²) in [6, 6.07) is 7.40. The van der Waals surface area contributed by atoms with Crippen LogP contribution in [-0.2, 0) is 9.53 Å². The lowest BCUT2D eigenvalue weighted by atomic mass is 10.1. The first-order valence-corrected chi connectivity index (χ1v) is 8.68. The van der Waals surface area contributed by atoms with Gasteiger partial charge in [-0.05, 0) is 38.5 Å². The van der Waals surface area contributed by atoms with Gasteiger partial charge < -0.3 is 14.8 Å². The standard InChI is InChI=1S/C19H21NO4S/c1-5-24-19(22)17-12(2)13(3)25-18(17)20-16(21)11-10-14-8-6-7-9-15(14)23-4/h6-11H,5H2,1-4H3,(H,20,21)/b11-10+. The predicted molar refractivity (Wildman–Crippen MR) is 100 cm³/mol. The zero-order valence-electron chi connectivity index (χ0n) is 14.7. The van der Waals surface area contributed by atoms with Gasteiger partial charge in [0.15, 0.2) is 0 Å². The number of ether oxygens (including phenoxy) is 2. The monoisotopic (exact) mass is 359 g/mol. The van der Waals surface area contributed by atoms with Crippen LogP contribution in [0.3, 0.4) is 0 Å². The van der Waals surface area contributed by atoms with E-state index in [4.69, 9.17) is 9.47 Å². The van der Waals surface area contributed by atoms with Crippen LogP contribution in [0, 0.1) is 13.8 Å². The van der Waals surface area contributed by atoms with Crippen LogP contribution in [0.15, 0.2) is 30.3 Å². The summed E-state index contributed by atoms with van der Waals surface area (Å²) in [7, 11) is 1.58. The Balaban J connectivity index is 2.19. The summed E-state index contributed by atoms with van der Waals surface area (Å²) in [5.74, 6) is -0.0624. The van der Waals surface area contributed by atoms with Crippen molar-refractivity contribution >= 4 is 34.3 Å². The number of nitrogens with one attached hydrogen (secondary N) is 1. The van der Waals surface area contributed by atoms with Gasteiger partial charge in [-0.25, -0.2) is 4.79 Å². The number of methoxy groups -OCH3 is 1. The quantitative estimate of drug-likeness (QED) is 0.620. The molecule has 5 nitrogen and oxygen atoms in total. The first kappa shape index (κ1) is 18.7. The minimum atomic E-state index is -0.423. The number of benzene rings is 1. The van der Waals surface area contributed by atoms with Gasteiger partial charge in [0.25, 0.3) is 0 Å². The van der Waals surface area contributed by atoms with Gasteiger partial charge in [-0.3, -0.25) is 4.79 Å². The van der Waals surface area contributed by atoms with Gasteiger partial charge >= 0.3 is 5.97 Å². The number of carbonyl (C=O) groups is 2. The fraction of sp³-hybridized carbons (Fsp3) is 0.263. The highest BCUT2D eigenvalue weighted by Gasteiger charge is 2.21. The average molecular weight is 359 g/mol. The lowest BCUT2D eigenvalue weighted by Gasteiger charge is -2.06. The molecule has 0 saturated carbocycles. The summed E-state index contributed by atoms with van der Waals surface area (Å²) in [6.45, 7) is 5.79. The zero-order chi connectivity index (χ0) is 18.4. The molecule has 1 aromatic carbocycles. The van der Waals surface area contributed by atoms with Crippen molar-refractivity contribution in [3.63, 3.8) is 0 Å². The number of hydrogen-bond donors (Lipinski definition) is 1. The normalized spacial score (nSPS) is 10.7. The summed E-state index contributed by atoms with van der Waals surface area (Å²) in [6.07, 6.45) is 3.09. The maximum absolute atomic E-state index is 12.3. The van der Waals surface area contributed by atoms with Crippen LogP contribution in [0.1, 0.15) is 33.3 Å². The van der Waals surface area contributed by atoms with Crippen LogP contribution in [0.5, 0.6) is 5.75 Å². The largest absolute Gasteiger partial charge is 0.496 e. The minimum absolute atomic E-state index is 0.286. The number of thiophene rings is 1. The van der Waals surface area contributed by atoms with Gasteiger partial charge in [0.2, 0.25) is 5.91 Å². The molecule has 25 heavy (non-hydrogen) atoms. The average Bonchev–Trinajstić information content (AvgIpc) is 2.87. The molecule has 1 heterocycles. The van der Waals surface area contributed by atoms with E-state index in [9.17, 15) is 9.59 Å². The van der Waals surface area contributed by atoms with E-state index >= 15 is 0 Å². The number of amides is 1. The molecule has 0 unspecified atom stereocenters. The molecule has 0 aliphatic carbocycles. The molecule has 0 fully saturated rings. The van der Waals surface area contributed by atoms with E-state index < -0.39 is 5.97 Å². The molecule has 132 valence electrons. The lowest BCUT2D eigenvalue weighted by molar-refractivity contribution is -0.111. The number of hydrogen-bond acceptors (Lipinski definition) is 5. The van der Waals surface area contributed by atoms with E-state index in [0.717, 1.165) is 16.0 Å². The van der Waals surface area contributed by atoms with Gasteiger partial charge in [-0.2, -0.15) is 0 Å². The Hall–Kier alpha value is -2.60. The van der Waals surface area contributed by atoms with Crippen LogP contribution >= 0.6 is 11.3 Å². The Morgan fingerprint density at radius 2 is 1.96 bits per heavy atom. The molecule has 0 spiro atoms. The van der Waals surface area contributed by atoms with Crippen LogP contribution < -0.4 is 10.1 Å². The summed E-state index contributed by atoms with van der Waals surface area (Å²) in [5.41, 5.74) is 2.04. The fourth-order valence-corrected chi connectivity index (χ4v) is 3.34. The van der Waals surface area contributed by atoms with Crippen LogP contribution in [0.25, 0.3) is 6.08 Å². The molecule has 0 aliphatic heterocycles. The molecule has 0 aliphatic rings. The Bertz CT molecular complexity index is 808. The maximum Gasteiger partial charge on any atom is 0.341 e. The Morgan fingerprint density at radius 1 is 1.24 bits per heavy atom. The number of esters is 1. The molecule has 0 radical (unpaired) electrons. The second-order valence-electron chi connectivity index (χ2n) is 5.27. The minimum Gasteiger partial charge on any atom is -0.496 e. The maximum atomic E-state index is 12.3. The summed E-state index contributed by atoms with van der Waals surface area (Å²) >= 11 is 1.36. The van der Waals surface area contributed by atoms with Crippen molar-refractivity contribution in [1.82, 2.24) is 0 Å². The summed E-state index contributed by atoms with van der Waals surface area (Å²) in [4.78, 5) is 25.4. The highest BCUT2D eigenvalue weighted by atomic mass is 32.1. The lowest BCUT2D eigenvalue weighted by Crippen LogP contribution is -2.12. The van der Waals surface area contributed by atoms with E-state index in [2.05, 4.69) is 5.32 Å². The molecule has 2 aromatic rings. The molecule has 1 N–H and O–H groups in total.